The molecular weight excluding hydrogens is 491 g/mol. The van der Waals surface area contributed by atoms with E-state index in [4.69, 9.17) is 0 Å². The first kappa shape index (κ1) is 29.3. The second kappa shape index (κ2) is 8.49. The Balaban J connectivity index is 3.38. The highest BCUT2D eigenvalue weighted by Gasteiger charge is 2.90. The lowest BCUT2D eigenvalue weighted by Gasteiger charge is -2.40. The molecule has 33 heavy (non-hydrogen) atoms. The van der Waals surface area contributed by atoms with Gasteiger partial charge < -0.3 is 4.74 Å². The number of benzene rings is 1. The smallest absolute Gasteiger partial charge is 0.377 e. The van der Waals surface area contributed by atoms with E-state index >= 15 is 0 Å². The Bertz CT molecular complexity index is 804. The molecule has 0 saturated carbocycles. The van der Waals surface area contributed by atoms with Crippen LogP contribution in [0.5, 0.6) is 0 Å². The van der Waals surface area contributed by atoms with E-state index in [2.05, 4.69) is 4.74 Å². The van der Waals surface area contributed by atoms with Gasteiger partial charge in [-0.05, 0) is 16.5 Å². The largest absolute Gasteiger partial charge is 0.460 e. The molecule has 0 saturated heterocycles. The van der Waals surface area contributed by atoms with Crippen molar-refractivity contribution >= 4 is 0 Å². The lowest BCUT2D eigenvalue weighted by molar-refractivity contribution is -0.440. The van der Waals surface area contributed by atoms with E-state index in [0.29, 0.717) is 12.7 Å². The predicted octanol–water partition coefficient (Wildman–Crippen LogP) is 7.80. The molecule has 0 heterocycles. The Morgan fingerprint density at radius 1 is 0.636 bits per heavy atom. The van der Waals surface area contributed by atoms with Crippen LogP contribution in [0.1, 0.15) is 44.4 Å². The van der Waals surface area contributed by atoms with Gasteiger partial charge in [0.25, 0.3) is 0 Å². The van der Waals surface area contributed by atoms with E-state index < -0.39 is 53.7 Å². The molecule has 1 aromatic rings. The average Bonchev–Trinajstić information content (AvgIpc) is 2.64. The molecule has 0 bridgehead atoms. The van der Waals surface area contributed by atoms with Crippen molar-refractivity contribution in [3.05, 3.63) is 35.4 Å². The van der Waals surface area contributed by atoms with Crippen LogP contribution < -0.4 is 0 Å². The van der Waals surface area contributed by atoms with Gasteiger partial charge in [0.1, 0.15) is 0 Å². The van der Waals surface area contributed by atoms with E-state index in [0.717, 1.165) is 12.1 Å². The Morgan fingerprint density at radius 3 is 1.36 bits per heavy atom. The fraction of sp³-hybridized carbons (Fsp3) is 0.684. The van der Waals surface area contributed by atoms with Crippen LogP contribution in [0.25, 0.3) is 0 Å². The summed E-state index contributed by atoms with van der Waals surface area (Å²) in [6.45, 7) is 5.26. The minimum atomic E-state index is -7.91. The van der Waals surface area contributed by atoms with Gasteiger partial charge in [0.15, 0.2) is 0 Å². The van der Waals surface area contributed by atoms with Crippen LogP contribution in [0.3, 0.4) is 0 Å². The second-order valence-corrected chi connectivity index (χ2v) is 8.30. The van der Waals surface area contributed by atoms with Gasteiger partial charge >= 0.3 is 35.8 Å². The van der Waals surface area contributed by atoms with Crippen molar-refractivity contribution < 1.29 is 61.8 Å². The van der Waals surface area contributed by atoms with Crippen LogP contribution in [0.15, 0.2) is 24.3 Å². The minimum Gasteiger partial charge on any atom is -0.377 e. The van der Waals surface area contributed by atoms with Gasteiger partial charge in [-0.15, -0.1) is 0 Å². The van der Waals surface area contributed by atoms with Crippen molar-refractivity contribution in [2.75, 3.05) is 7.11 Å². The Labute approximate surface area is 179 Å². The van der Waals surface area contributed by atoms with Gasteiger partial charge in [-0.1, -0.05) is 45.0 Å². The third kappa shape index (κ3) is 4.90. The molecule has 1 rings (SSSR count). The van der Waals surface area contributed by atoms with E-state index in [-0.39, 0.29) is 5.56 Å². The number of ether oxygens (including phenoxy) is 1. The first-order valence-electron chi connectivity index (χ1n) is 8.97. The fourth-order valence-corrected chi connectivity index (χ4v) is 2.70. The van der Waals surface area contributed by atoms with Gasteiger partial charge in [0.05, 0.1) is 6.10 Å². The normalized spacial score (nSPS) is 16.2. The van der Waals surface area contributed by atoms with Crippen LogP contribution in [0.2, 0.25) is 0 Å². The quantitative estimate of drug-likeness (QED) is 0.325. The fourth-order valence-electron chi connectivity index (χ4n) is 2.70. The Kier molecular flexibility index (Phi) is 7.54. The zero-order valence-corrected chi connectivity index (χ0v) is 17.4. The first-order chi connectivity index (χ1) is 14.4. The van der Waals surface area contributed by atoms with Crippen LogP contribution in [0.4, 0.5) is 57.1 Å². The molecule has 14 heteroatoms. The highest BCUT2D eigenvalue weighted by molar-refractivity contribution is 5.29. The SMILES string of the molecule is COC(CC(F)(F)C(F)(F)C(F)(F)C(F)(F)C(F)(F)C(F)(F)F)c1ccc(C(C)(C)C)cc1. The lowest BCUT2D eigenvalue weighted by Crippen LogP contribution is -2.70. The van der Waals surface area contributed by atoms with Crippen LogP contribution in [0, 0.1) is 0 Å². The molecule has 1 nitrogen and oxygen atoms in total. The maximum atomic E-state index is 14.1. The summed E-state index contributed by atoms with van der Waals surface area (Å²) in [6, 6.07) is 4.88. The van der Waals surface area contributed by atoms with Gasteiger partial charge in [-0.3, -0.25) is 0 Å². The van der Waals surface area contributed by atoms with Crippen molar-refractivity contribution in [2.45, 2.75) is 74.5 Å². The lowest BCUT2D eigenvalue weighted by atomic mass is 9.85. The first-order valence-corrected chi connectivity index (χ1v) is 8.97. The topological polar surface area (TPSA) is 9.23 Å². The molecule has 0 fully saturated rings. The standard InChI is InChI=1S/C19H19F13O/c1-13(2,3)11-7-5-10(6-8-11)12(33-4)9-14(20,21)15(22,23)16(24,25)17(26,27)18(28,29)19(30,31)32/h5-8,12H,9H2,1-4H3. The summed E-state index contributed by atoms with van der Waals surface area (Å²) in [5.74, 6) is -37.0. The van der Waals surface area contributed by atoms with Crippen molar-refractivity contribution in [3.63, 3.8) is 0 Å². The van der Waals surface area contributed by atoms with Crippen molar-refractivity contribution in [1.82, 2.24) is 0 Å². The molecule has 0 amide bonds. The molecule has 0 N–H and O–H groups in total. The van der Waals surface area contributed by atoms with Gasteiger partial charge in [-0.2, -0.15) is 57.1 Å². The maximum Gasteiger partial charge on any atom is 0.460 e. The summed E-state index contributed by atoms with van der Waals surface area (Å²) in [5, 5.41) is 0. The molecule has 1 aromatic carbocycles. The third-order valence-corrected chi connectivity index (χ3v) is 4.87. The number of hydrogen-bond acceptors (Lipinski definition) is 1. The summed E-state index contributed by atoms with van der Waals surface area (Å²) >= 11 is 0. The van der Waals surface area contributed by atoms with Crippen molar-refractivity contribution in [3.8, 4) is 0 Å². The predicted molar refractivity (Wildman–Crippen MR) is 90.3 cm³/mol. The zero-order valence-electron chi connectivity index (χ0n) is 17.4. The highest BCUT2D eigenvalue weighted by atomic mass is 19.4. The summed E-state index contributed by atoms with van der Waals surface area (Å²) in [5.41, 5.74) is -0.120. The number of methoxy groups -OCH3 is 1. The number of alkyl halides is 13. The molecule has 0 aliphatic rings. The van der Waals surface area contributed by atoms with E-state index in [9.17, 15) is 57.1 Å². The molecule has 0 radical (unpaired) electrons. The number of halogens is 13. The molecule has 0 aromatic heterocycles. The molecule has 0 aliphatic heterocycles. The molecular formula is C19H19F13O. The highest BCUT2D eigenvalue weighted by Crippen LogP contribution is 2.61. The molecule has 0 aliphatic carbocycles. The second-order valence-electron chi connectivity index (χ2n) is 8.30. The average molecular weight is 510 g/mol. The van der Waals surface area contributed by atoms with Crippen LogP contribution >= 0.6 is 0 Å². The minimum absolute atomic E-state index is 0.295. The van der Waals surface area contributed by atoms with Gasteiger partial charge in [0, 0.05) is 13.5 Å². The van der Waals surface area contributed by atoms with E-state index in [1.54, 1.807) is 20.8 Å². The maximum absolute atomic E-state index is 14.1. The molecule has 0 spiro atoms. The summed E-state index contributed by atoms with van der Waals surface area (Å²) < 4.78 is 177. The zero-order chi connectivity index (χ0) is 26.5. The van der Waals surface area contributed by atoms with E-state index in [1.165, 1.54) is 12.1 Å². The Hall–Kier alpha value is -1.73. The monoisotopic (exact) mass is 510 g/mol. The van der Waals surface area contributed by atoms with Gasteiger partial charge in [-0.25, -0.2) is 0 Å². The van der Waals surface area contributed by atoms with Gasteiger partial charge in [0.2, 0.25) is 0 Å². The van der Waals surface area contributed by atoms with Crippen molar-refractivity contribution in [1.29, 1.82) is 0 Å². The summed E-state index contributed by atoms with van der Waals surface area (Å²) in [6.07, 6.45) is -12.0. The molecule has 1 atom stereocenters. The van der Waals surface area contributed by atoms with Crippen LogP contribution in [-0.4, -0.2) is 42.9 Å². The number of hydrogen-bond donors (Lipinski definition) is 0. The molecule has 192 valence electrons. The summed E-state index contributed by atoms with van der Waals surface area (Å²) in [4.78, 5) is 0. The Morgan fingerprint density at radius 2 is 1.03 bits per heavy atom. The van der Waals surface area contributed by atoms with Crippen molar-refractivity contribution in [2.24, 2.45) is 0 Å². The van der Waals surface area contributed by atoms with Crippen LogP contribution in [-0.2, 0) is 10.2 Å². The third-order valence-electron chi connectivity index (χ3n) is 4.87. The number of rotatable bonds is 8. The summed E-state index contributed by atoms with van der Waals surface area (Å²) in [7, 11) is 0.682. The van der Waals surface area contributed by atoms with E-state index in [1.807, 2.05) is 0 Å². The molecule has 1 unspecified atom stereocenters.